The average molecular weight is 396 g/mol. The molecule has 1 aliphatic heterocycles. The fraction of sp³-hybridized carbons (Fsp3) is 0.238. The number of piperidine rings is 1. The Bertz CT molecular complexity index is 1150. The van der Waals surface area contributed by atoms with E-state index in [4.69, 9.17) is 0 Å². The highest BCUT2D eigenvalue weighted by Gasteiger charge is 2.24. The molecule has 6 nitrogen and oxygen atoms in total. The van der Waals surface area contributed by atoms with Gasteiger partial charge in [-0.15, -0.1) is 0 Å². The van der Waals surface area contributed by atoms with Crippen LogP contribution in [0.1, 0.15) is 24.4 Å². The molecule has 0 radical (unpaired) electrons. The first-order valence-electron chi connectivity index (χ1n) is 9.27. The third-order valence-corrected chi connectivity index (χ3v) is 5.09. The number of halogens is 2. The largest absolute Gasteiger partial charge is 0.339 e. The zero-order chi connectivity index (χ0) is 20.4. The smallest absolute Gasteiger partial charge is 0.263 e. The molecule has 8 heteroatoms. The average Bonchev–Trinajstić information content (AvgIpc) is 2.75. The molecule has 4 rings (SSSR count). The van der Waals surface area contributed by atoms with Gasteiger partial charge < -0.3 is 4.90 Å². The number of likely N-dealkylation sites (tertiary alicyclic amines) is 1. The summed E-state index contributed by atoms with van der Waals surface area (Å²) in [5, 5.41) is 0.466. The maximum Gasteiger partial charge on any atom is 0.263 e. The van der Waals surface area contributed by atoms with E-state index in [2.05, 4.69) is 9.97 Å². The number of aromatic nitrogens is 3. The highest BCUT2D eigenvalue weighted by Crippen LogP contribution is 2.22. The predicted molar refractivity (Wildman–Crippen MR) is 104 cm³/mol. The van der Waals surface area contributed by atoms with Crippen LogP contribution in [0.25, 0.3) is 17.1 Å². The number of amides is 1. The number of carbonyl (C=O) groups is 1. The van der Waals surface area contributed by atoms with Crippen molar-refractivity contribution in [2.24, 2.45) is 0 Å². The minimum Gasteiger partial charge on any atom is -0.339 e. The van der Waals surface area contributed by atoms with Crippen LogP contribution in [0.2, 0.25) is 0 Å². The van der Waals surface area contributed by atoms with Gasteiger partial charge in [-0.1, -0.05) is 0 Å². The normalized spacial score (nSPS) is 15.3. The molecular formula is C21H18F2N4O2. The second-order valence-corrected chi connectivity index (χ2v) is 6.89. The highest BCUT2D eigenvalue weighted by atomic mass is 19.1. The van der Waals surface area contributed by atoms with E-state index in [1.807, 2.05) is 0 Å². The second kappa shape index (κ2) is 7.90. The number of pyridine rings is 1. The molecule has 0 spiro atoms. The summed E-state index contributed by atoms with van der Waals surface area (Å²) in [7, 11) is 0. The van der Waals surface area contributed by atoms with Gasteiger partial charge in [0.1, 0.15) is 18.0 Å². The van der Waals surface area contributed by atoms with Gasteiger partial charge in [0, 0.05) is 37.0 Å². The molecule has 3 aromatic rings. The van der Waals surface area contributed by atoms with Gasteiger partial charge in [0.15, 0.2) is 5.65 Å². The maximum atomic E-state index is 13.7. The highest BCUT2D eigenvalue weighted by molar-refractivity contribution is 5.91. The predicted octanol–water partition coefficient (Wildman–Crippen LogP) is 2.95. The van der Waals surface area contributed by atoms with E-state index < -0.39 is 11.6 Å². The van der Waals surface area contributed by atoms with Crippen LogP contribution in [0, 0.1) is 11.6 Å². The third kappa shape index (κ3) is 3.91. The minimum absolute atomic E-state index is 0.0237. The molecule has 3 heterocycles. The van der Waals surface area contributed by atoms with Crippen LogP contribution >= 0.6 is 0 Å². The molecule has 1 fully saturated rings. The van der Waals surface area contributed by atoms with E-state index in [0.717, 1.165) is 18.2 Å². The van der Waals surface area contributed by atoms with Crippen LogP contribution in [-0.2, 0) is 4.79 Å². The Kier molecular flexibility index (Phi) is 5.16. The molecule has 1 aliphatic rings. The molecule has 2 aromatic heterocycles. The summed E-state index contributed by atoms with van der Waals surface area (Å²) < 4.78 is 28.5. The molecule has 0 aliphatic carbocycles. The molecule has 1 aromatic carbocycles. The lowest BCUT2D eigenvalue weighted by atomic mass is 10.0. The van der Waals surface area contributed by atoms with Crippen molar-refractivity contribution in [1.29, 1.82) is 0 Å². The van der Waals surface area contributed by atoms with Crippen LogP contribution in [0.4, 0.5) is 8.78 Å². The van der Waals surface area contributed by atoms with Gasteiger partial charge in [-0.2, -0.15) is 0 Å². The summed E-state index contributed by atoms with van der Waals surface area (Å²) >= 11 is 0. The number of carbonyl (C=O) groups excluding carboxylic acids is 1. The van der Waals surface area contributed by atoms with Crippen molar-refractivity contribution in [1.82, 2.24) is 19.4 Å². The number of fused-ring (bicyclic) bond motifs is 1. The zero-order valence-electron chi connectivity index (χ0n) is 15.5. The standard InChI is InChI=1S/C21H18F2N4O2/c22-15-4-5-18(23)14(12-15)3-6-19(28)26-10-7-16(8-11-26)27-13-25-20-17(21(27)29)2-1-9-24-20/h1-6,9,12-13,16H,7-8,10-11H2. The van der Waals surface area contributed by atoms with Crippen LogP contribution in [0.5, 0.6) is 0 Å². The van der Waals surface area contributed by atoms with E-state index >= 15 is 0 Å². The van der Waals surface area contributed by atoms with Crippen LogP contribution in [-0.4, -0.2) is 38.4 Å². The monoisotopic (exact) mass is 396 g/mol. The lowest BCUT2D eigenvalue weighted by Gasteiger charge is -2.32. The van der Waals surface area contributed by atoms with Gasteiger partial charge in [0.05, 0.1) is 5.39 Å². The molecule has 0 saturated carbocycles. The lowest BCUT2D eigenvalue weighted by molar-refractivity contribution is -0.127. The summed E-state index contributed by atoms with van der Waals surface area (Å²) in [4.78, 5) is 35.0. The van der Waals surface area contributed by atoms with Gasteiger partial charge in [-0.25, -0.2) is 18.7 Å². The summed E-state index contributed by atoms with van der Waals surface area (Å²) in [6.45, 7) is 0.911. The fourth-order valence-corrected chi connectivity index (χ4v) is 3.51. The minimum atomic E-state index is -0.591. The number of hydrogen-bond donors (Lipinski definition) is 0. The third-order valence-electron chi connectivity index (χ3n) is 5.09. The SMILES string of the molecule is O=C(C=Cc1cc(F)ccc1F)N1CCC(n2cnc3ncccc3c2=O)CC1. The maximum absolute atomic E-state index is 13.7. The van der Waals surface area contributed by atoms with E-state index in [1.165, 1.54) is 18.5 Å². The Hall–Kier alpha value is -3.42. The second-order valence-electron chi connectivity index (χ2n) is 6.89. The van der Waals surface area contributed by atoms with Crippen molar-refractivity contribution < 1.29 is 13.6 Å². The first-order valence-corrected chi connectivity index (χ1v) is 9.27. The molecule has 0 atom stereocenters. The first-order chi connectivity index (χ1) is 14.0. The Morgan fingerprint density at radius 2 is 1.93 bits per heavy atom. The summed E-state index contributed by atoms with van der Waals surface area (Å²) in [6, 6.07) is 6.43. The Morgan fingerprint density at radius 3 is 2.72 bits per heavy atom. The van der Waals surface area contributed by atoms with Crippen LogP contribution < -0.4 is 5.56 Å². The van der Waals surface area contributed by atoms with E-state index in [9.17, 15) is 18.4 Å². The van der Waals surface area contributed by atoms with Gasteiger partial charge in [0.2, 0.25) is 5.91 Å². The molecule has 1 amide bonds. The topological polar surface area (TPSA) is 68.1 Å². The van der Waals surface area contributed by atoms with Gasteiger partial charge in [0.25, 0.3) is 5.56 Å². The van der Waals surface area contributed by atoms with Crippen molar-refractivity contribution in [3.8, 4) is 0 Å². The molecular weight excluding hydrogens is 378 g/mol. The first kappa shape index (κ1) is 18.9. The van der Waals surface area contributed by atoms with Crippen molar-refractivity contribution >= 4 is 23.0 Å². The van der Waals surface area contributed by atoms with Crippen LogP contribution in [0.15, 0.2) is 53.7 Å². The molecule has 148 valence electrons. The van der Waals surface area contributed by atoms with Crippen molar-refractivity contribution in [2.75, 3.05) is 13.1 Å². The molecule has 0 bridgehead atoms. The fourth-order valence-electron chi connectivity index (χ4n) is 3.51. The summed E-state index contributed by atoms with van der Waals surface area (Å²) in [6.07, 6.45) is 6.81. The number of nitrogens with zero attached hydrogens (tertiary/aromatic N) is 4. The van der Waals surface area contributed by atoms with E-state index in [0.29, 0.717) is 37.0 Å². The van der Waals surface area contributed by atoms with Gasteiger partial charge >= 0.3 is 0 Å². The molecule has 0 N–H and O–H groups in total. The molecule has 1 saturated heterocycles. The Morgan fingerprint density at radius 1 is 1.14 bits per heavy atom. The lowest BCUT2D eigenvalue weighted by Crippen LogP contribution is -2.40. The number of hydrogen-bond acceptors (Lipinski definition) is 4. The molecule has 0 unspecified atom stereocenters. The summed E-state index contributed by atoms with van der Waals surface area (Å²) in [5.41, 5.74) is 0.293. The van der Waals surface area contributed by atoms with Crippen molar-refractivity contribution in [2.45, 2.75) is 18.9 Å². The van der Waals surface area contributed by atoms with Gasteiger partial charge in [-0.3, -0.25) is 14.2 Å². The number of benzene rings is 1. The van der Waals surface area contributed by atoms with E-state index in [-0.39, 0.29) is 23.1 Å². The summed E-state index contributed by atoms with van der Waals surface area (Å²) in [5.74, 6) is -1.43. The quantitative estimate of drug-likeness (QED) is 0.639. The Balaban J connectivity index is 1.43. The molecule has 29 heavy (non-hydrogen) atoms. The van der Waals surface area contributed by atoms with E-state index in [1.54, 1.807) is 27.8 Å². The van der Waals surface area contributed by atoms with Crippen molar-refractivity contribution in [3.63, 3.8) is 0 Å². The van der Waals surface area contributed by atoms with Crippen LogP contribution in [0.3, 0.4) is 0 Å². The number of rotatable bonds is 3. The van der Waals surface area contributed by atoms with Gasteiger partial charge in [-0.05, 0) is 49.2 Å². The zero-order valence-corrected chi connectivity index (χ0v) is 15.5. The van der Waals surface area contributed by atoms with Crippen molar-refractivity contribution in [3.05, 3.63) is 76.5 Å². The Labute approximate surface area is 165 Å².